The minimum absolute atomic E-state index is 0. The maximum atomic E-state index is 3.67. The van der Waals surface area contributed by atoms with Crippen LogP contribution in [0.15, 0.2) is 49.6 Å². The number of hydrogen-bond donors (Lipinski definition) is 0. The Morgan fingerprint density at radius 3 is 0.923 bits per heavy atom. The van der Waals surface area contributed by atoms with E-state index < -0.39 is 0 Å². The van der Waals surface area contributed by atoms with E-state index in [2.05, 4.69) is 19.9 Å². The molecule has 0 atom stereocenters. The highest BCUT2D eigenvalue weighted by atomic mass is 16.0. The molecule has 2 heterocycles. The second kappa shape index (κ2) is 8.22. The molecule has 0 unspecified atom stereocenters. The van der Waals surface area contributed by atoms with Crippen molar-refractivity contribution in [3.8, 4) is 0 Å². The van der Waals surface area contributed by atoms with E-state index in [1.807, 2.05) is 0 Å². The summed E-state index contributed by atoms with van der Waals surface area (Å²) in [5.74, 6) is 0. The van der Waals surface area contributed by atoms with E-state index in [1.165, 1.54) is 12.7 Å². The van der Waals surface area contributed by atoms with Crippen LogP contribution in [0.2, 0.25) is 0 Å². The molecule has 5 heteroatoms. The summed E-state index contributed by atoms with van der Waals surface area (Å²) in [6.07, 6.45) is 9.75. The first-order valence-electron chi connectivity index (χ1n) is 3.40. The van der Waals surface area contributed by atoms with Crippen molar-refractivity contribution in [2.45, 2.75) is 0 Å². The summed E-state index contributed by atoms with van der Waals surface area (Å²) in [6, 6.07) is 3.56. The van der Waals surface area contributed by atoms with Gasteiger partial charge in [0.25, 0.3) is 0 Å². The molecular formula is C8H10N4O. The number of nitrogens with zero attached hydrogens (tertiary/aromatic N) is 4. The number of hydrogen-bond acceptors (Lipinski definition) is 4. The predicted molar refractivity (Wildman–Crippen MR) is 47.7 cm³/mol. The van der Waals surface area contributed by atoms with Crippen molar-refractivity contribution in [2.75, 3.05) is 0 Å². The van der Waals surface area contributed by atoms with E-state index in [0.29, 0.717) is 0 Å². The molecule has 0 amide bonds. The Bertz CT molecular complexity index is 192. The van der Waals surface area contributed by atoms with Gasteiger partial charge in [0.2, 0.25) is 0 Å². The molecule has 2 rings (SSSR count). The largest absolute Gasteiger partial charge is 0.412 e. The molecule has 0 saturated carbocycles. The Balaban J connectivity index is 0.000000206. The minimum Gasteiger partial charge on any atom is -0.412 e. The van der Waals surface area contributed by atoms with Gasteiger partial charge < -0.3 is 5.48 Å². The summed E-state index contributed by atoms with van der Waals surface area (Å²) < 4.78 is 0. The molecule has 5 nitrogen and oxygen atoms in total. The van der Waals surface area contributed by atoms with Crippen LogP contribution >= 0.6 is 0 Å². The summed E-state index contributed by atoms with van der Waals surface area (Å²) in [5, 5.41) is 0. The normalized spacial score (nSPS) is 7.38. The van der Waals surface area contributed by atoms with E-state index in [0.717, 1.165) is 0 Å². The van der Waals surface area contributed by atoms with Gasteiger partial charge in [0.1, 0.15) is 12.7 Å². The molecule has 2 N–H and O–H groups in total. The quantitative estimate of drug-likeness (QED) is 0.574. The lowest BCUT2D eigenvalue weighted by Gasteiger charge is -1.70. The SMILES string of the molecule is O.c1cncnc1.c1cncnc1. The van der Waals surface area contributed by atoms with Crippen LogP contribution < -0.4 is 0 Å². The summed E-state index contributed by atoms with van der Waals surface area (Å²) in [6.45, 7) is 0. The first-order valence-corrected chi connectivity index (χ1v) is 3.40. The van der Waals surface area contributed by atoms with Crippen molar-refractivity contribution in [1.29, 1.82) is 0 Å². The third-order valence-corrected chi connectivity index (χ3v) is 0.955. The predicted octanol–water partition coefficient (Wildman–Crippen LogP) is 0.128. The Labute approximate surface area is 75.9 Å². The van der Waals surface area contributed by atoms with Gasteiger partial charge in [-0.3, -0.25) is 0 Å². The topological polar surface area (TPSA) is 83.1 Å². The van der Waals surface area contributed by atoms with Crippen molar-refractivity contribution >= 4 is 0 Å². The monoisotopic (exact) mass is 178 g/mol. The van der Waals surface area contributed by atoms with Crippen LogP contribution in [-0.4, -0.2) is 25.4 Å². The molecule has 0 spiro atoms. The molecule has 0 aliphatic heterocycles. The van der Waals surface area contributed by atoms with Crippen LogP contribution in [-0.2, 0) is 0 Å². The van der Waals surface area contributed by atoms with E-state index >= 15 is 0 Å². The average Bonchev–Trinajstić information content (AvgIpc) is 2.24. The molecule has 0 aliphatic carbocycles. The van der Waals surface area contributed by atoms with E-state index in [4.69, 9.17) is 0 Å². The van der Waals surface area contributed by atoms with Crippen molar-refractivity contribution in [2.24, 2.45) is 0 Å². The molecule has 0 bridgehead atoms. The van der Waals surface area contributed by atoms with Crippen LogP contribution in [0, 0.1) is 0 Å². The van der Waals surface area contributed by atoms with Gasteiger partial charge in [-0.25, -0.2) is 19.9 Å². The molecule has 2 aromatic heterocycles. The summed E-state index contributed by atoms with van der Waals surface area (Å²) in [4.78, 5) is 14.7. The Morgan fingerprint density at radius 2 is 0.846 bits per heavy atom. The fraction of sp³-hybridized carbons (Fsp3) is 0. The average molecular weight is 178 g/mol. The molecule has 0 radical (unpaired) electrons. The van der Waals surface area contributed by atoms with Gasteiger partial charge in [-0.05, 0) is 12.1 Å². The molecule has 13 heavy (non-hydrogen) atoms. The lowest BCUT2D eigenvalue weighted by Crippen LogP contribution is -1.66. The maximum absolute atomic E-state index is 3.67. The van der Waals surface area contributed by atoms with Gasteiger partial charge in [-0.2, -0.15) is 0 Å². The van der Waals surface area contributed by atoms with Gasteiger partial charge in [-0.15, -0.1) is 0 Å². The van der Waals surface area contributed by atoms with Crippen molar-refractivity contribution in [3.63, 3.8) is 0 Å². The fourth-order valence-electron chi connectivity index (χ4n) is 0.507. The zero-order valence-electron chi connectivity index (χ0n) is 6.91. The Morgan fingerprint density at radius 1 is 0.538 bits per heavy atom. The van der Waals surface area contributed by atoms with E-state index in [1.54, 1.807) is 36.9 Å². The maximum Gasteiger partial charge on any atom is 0.115 e. The van der Waals surface area contributed by atoms with Crippen molar-refractivity contribution in [3.05, 3.63) is 49.6 Å². The number of rotatable bonds is 0. The Kier molecular flexibility index (Phi) is 7.03. The van der Waals surface area contributed by atoms with Crippen molar-refractivity contribution in [1.82, 2.24) is 19.9 Å². The van der Waals surface area contributed by atoms with Crippen LogP contribution in [0.3, 0.4) is 0 Å². The first kappa shape index (κ1) is 11.1. The highest BCUT2D eigenvalue weighted by Gasteiger charge is 1.59. The highest BCUT2D eigenvalue weighted by Crippen LogP contribution is 1.67. The van der Waals surface area contributed by atoms with Crippen LogP contribution in [0.1, 0.15) is 0 Å². The van der Waals surface area contributed by atoms with E-state index in [-0.39, 0.29) is 5.48 Å². The molecule has 0 aromatic carbocycles. The zero-order valence-corrected chi connectivity index (χ0v) is 6.91. The summed E-state index contributed by atoms with van der Waals surface area (Å²) >= 11 is 0. The van der Waals surface area contributed by atoms with E-state index in [9.17, 15) is 0 Å². The Hall–Kier alpha value is -1.88. The van der Waals surface area contributed by atoms with Gasteiger partial charge in [0, 0.05) is 24.8 Å². The third-order valence-electron chi connectivity index (χ3n) is 0.955. The molecule has 0 fully saturated rings. The van der Waals surface area contributed by atoms with Crippen LogP contribution in [0.4, 0.5) is 0 Å². The zero-order chi connectivity index (χ0) is 8.49. The van der Waals surface area contributed by atoms with Gasteiger partial charge >= 0.3 is 0 Å². The third kappa shape index (κ3) is 6.52. The van der Waals surface area contributed by atoms with Crippen LogP contribution in [0.5, 0.6) is 0 Å². The fourth-order valence-corrected chi connectivity index (χ4v) is 0.507. The highest BCUT2D eigenvalue weighted by molar-refractivity contribution is 4.74. The standard InChI is InChI=1S/2C4H4N2.H2O/c2*1-2-5-4-6-3-1;/h2*1-4H;1H2. The summed E-state index contributed by atoms with van der Waals surface area (Å²) in [7, 11) is 0. The minimum atomic E-state index is 0. The first-order chi connectivity index (χ1) is 6.00. The van der Waals surface area contributed by atoms with Gasteiger partial charge in [0.15, 0.2) is 0 Å². The van der Waals surface area contributed by atoms with Gasteiger partial charge in [0.05, 0.1) is 0 Å². The lowest BCUT2D eigenvalue weighted by molar-refractivity contribution is 0.824. The molecule has 0 saturated heterocycles. The van der Waals surface area contributed by atoms with Crippen molar-refractivity contribution < 1.29 is 5.48 Å². The molecule has 68 valence electrons. The molecule has 0 aliphatic rings. The second-order valence-corrected chi connectivity index (χ2v) is 1.81. The molecular weight excluding hydrogens is 168 g/mol. The number of aromatic nitrogens is 4. The summed E-state index contributed by atoms with van der Waals surface area (Å²) in [5.41, 5.74) is 0. The second-order valence-electron chi connectivity index (χ2n) is 1.81. The molecule has 2 aromatic rings. The van der Waals surface area contributed by atoms with Crippen LogP contribution in [0.25, 0.3) is 0 Å². The lowest BCUT2D eigenvalue weighted by atomic mass is 10.7. The smallest absolute Gasteiger partial charge is 0.115 e. The van der Waals surface area contributed by atoms with Gasteiger partial charge in [-0.1, -0.05) is 0 Å².